The number of dihydropyridines is 1. The fourth-order valence-electron chi connectivity index (χ4n) is 4.40. The first-order chi connectivity index (χ1) is 16.6. The predicted octanol–water partition coefficient (Wildman–Crippen LogP) is 7.08. The van der Waals surface area contributed by atoms with Crippen LogP contribution >= 0.6 is 46.6 Å². The molecule has 0 spiro atoms. The van der Waals surface area contributed by atoms with Gasteiger partial charge < -0.3 is 10.6 Å². The van der Waals surface area contributed by atoms with Crippen molar-refractivity contribution < 1.29 is 9.59 Å². The third-order valence-electron chi connectivity index (χ3n) is 5.90. The first-order valence-electron chi connectivity index (χ1n) is 10.9. The third-order valence-corrected chi connectivity index (χ3v) is 7.99. The summed E-state index contributed by atoms with van der Waals surface area (Å²) in [7, 11) is 0. The number of halogens is 3. The van der Waals surface area contributed by atoms with E-state index in [1.54, 1.807) is 30.3 Å². The minimum Gasteiger partial charge on any atom is -0.352 e. The van der Waals surface area contributed by atoms with Gasteiger partial charge in [-0.15, -0.1) is 0 Å². The third kappa shape index (κ3) is 5.54. The number of hydrogen-bond acceptors (Lipinski definition) is 5. The van der Waals surface area contributed by atoms with E-state index in [4.69, 9.17) is 34.8 Å². The van der Waals surface area contributed by atoms with Crippen molar-refractivity contribution in [1.29, 1.82) is 5.26 Å². The summed E-state index contributed by atoms with van der Waals surface area (Å²) in [6, 6.07) is 14.5. The summed E-state index contributed by atoms with van der Waals surface area (Å²) < 4.78 is 0. The van der Waals surface area contributed by atoms with Crippen LogP contribution in [0.5, 0.6) is 0 Å². The van der Waals surface area contributed by atoms with Gasteiger partial charge in [0.25, 0.3) is 0 Å². The Balaban J connectivity index is 1.65. The fourth-order valence-corrected chi connectivity index (χ4v) is 5.74. The van der Waals surface area contributed by atoms with Gasteiger partial charge in [0, 0.05) is 22.7 Å². The topological polar surface area (TPSA) is 82.0 Å². The maximum absolute atomic E-state index is 13.2. The Labute approximate surface area is 223 Å². The van der Waals surface area contributed by atoms with Crippen LogP contribution in [0.15, 0.2) is 64.3 Å². The van der Waals surface area contributed by atoms with Crippen LogP contribution in [0.25, 0.3) is 0 Å². The van der Waals surface area contributed by atoms with Crippen LogP contribution < -0.4 is 10.6 Å². The van der Waals surface area contributed by atoms with E-state index in [0.717, 1.165) is 11.3 Å². The molecule has 1 aliphatic carbocycles. The van der Waals surface area contributed by atoms with Crippen LogP contribution in [0.4, 0.5) is 5.69 Å². The standard InChI is InChI=1S/C26H22Cl3N3O2S/c1-26(2)10-19-23(20(33)11-26)22(14-6-8-15(27)9-7-14)16(12-30)25(32-19)35-13-21(34)31-18-5-3-4-17(28)24(18)29/h3-9,22,32H,10-11,13H2,1-2H3,(H,31,34)/t22-/m1/s1. The average Bonchev–Trinajstić information content (AvgIpc) is 2.79. The van der Waals surface area contributed by atoms with E-state index >= 15 is 0 Å². The molecule has 1 heterocycles. The van der Waals surface area contributed by atoms with Crippen LogP contribution in [0.2, 0.25) is 15.1 Å². The number of allylic oxidation sites excluding steroid dienone is 3. The normalized spacial score (nSPS) is 19.1. The smallest absolute Gasteiger partial charge is 0.234 e. The molecule has 180 valence electrons. The number of carbonyl (C=O) groups is 2. The molecule has 0 radical (unpaired) electrons. The highest BCUT2D eigenvalue weighted by atomic mass is 35.5. The zero-order valence-electron chi connectivity index (χ0n) is 19.0. The molecular weight excluding hydrogens is 525 g/mol. The summed E-state index contributed by atoms with van der Waals surface area (Å²) >= 11 is 19.5. The van der Waals surface area contributed by atoms with Crippen molar-refractivity contribution in [2.24, 2.45) is 5.41 Å². The van der Waals surface area contributed by atoms with E-state index in [0.29, 0.717) is 44.7 Å². The maximum Gasteiger partial charge on any atom is 0.234 e. The molecule has 0 bridgehead atoms. The molecule has 1 aliphatic heterocycles. The summed E-state index contributed by atoms with van der Waals surface area (Å²) in [6.45, 7) is 4.10. The van der Waals surface area contributed by atoms with Crippen molar-refractivity contribution in [2.75, 3.05) is 11.1 Å². The minimum atomic E-state index is -0.523. The molecule has 2 N–H and O–H groups in total. The van der Waals surface area contributed by atoms with Crippen molar-refractivity contribution in [3.8, 4) is 6.07 Å². The van der Waals surface area contributed by atoms with E-state index in [1.165, 1.54) is 11.8 Å². The highest BCUT2D eigenvalue weighted by molar-refractivity contribution is 8.03. The van der Waals surface area contributed by atoms with Crippen molar-refractivity contribution in [3.63, 3.8) is 0 Å². The molecule has 2 aliphatic rings. The molecule has 9 heteroatoms. The number of thioether (sulfide) groups is 1. The second-order valence-electron chi connectivity index (χ2n) is 9.24. The van der Waals surface area contributed by atoms with Gasteiger partial charge >= 0.3 is 0 Å². The number of hydrogen-bond donors (Lipinski definition) is 2. The number of rotatable bonds is 5. The largest absolute Gasteiger partial charge is 0.352 e. The number of ketones is 1. The Morgan fingerprint density at radius 2 is 1.89 bits per heavy atom. The van der Waals surface area contributed by atoms with Gasteiger partial charge in [-0.25, -0.2) is 0 Å². The zero-order chi connectivity index (χ0) is 25.3. The minimum absolute atomic E-state index is 0.0221. The highest BCUT2D eigenvalue weighted by Crippen LogP contribution is 2.48. The molecule has 4 rings (SSSR count). The summed E-state index contributed by atoms with van der Waals surface area (Å²) in [4.78, 5) is 25.9. The van der Waals surface area contributed by atoms with Crippen molar-refractivity contribution in [1.82, 2.24) is 5.32 Å². The Hall–Kier alpha value is -2.43. The number of Topliss-reactive ketones (excluding diaryl/α,β-unsaturated/α-hetero) is 1. The number of nitrogens with zero attached hydrogens (tertiary/aromatic N) is 1. The molecule has 2 aromatic carbocycles. The monoisotopic (exact) mass is 545 g/mol. The highest BCUT2D eigenvalue weighted by Gasteiger charge is 2.41. The van der Waals surface area contributed by atoms with Crippen LogP contribution in [-0.4, -0.2) is 17.4 Å². The van der Waals surface area contributed by atoms with Crippen molar-refractivity contribution >= 4 is 63.9 Å². The van der Waals surface area contributed by atoms with Crippen molar-refractivity contribution in [3.05, 3.63) is 85.0 Å². The van der Waals surface area contributed by atoms with Gasteiger partial charge in [0.2, 0.25) is 5.91 Å². The molecule has 2 aromatic rings. The lowest BCUT2D eigenvalue weighted by Gasteiger charge is -2.39. The van der Waals surface area contributed by atoms with Gasteiger partial charge in [0.1, 0.15) is 0 Å². The van der Waals surface area contributed by atoms with E-state index in [9.17, 15) is 14.9 Å². The molecule has 1 amide bonds. The van der Waals surface area contributed by atoms with Gasteiger partial charge in [-0.05, 0) is 41.7 Å². The van der Waals surface area contributed by atoms with Crippen LogP contribution in [0, 0.1) is 16.7 Å². The molecule has 5 nitrogen and oxygen atoms in total. The predicted molar refractivity (Wildman–Crippen MR) is 143 cm³/mol. The number of nitriles is 1. The zero-order valence-corrected chi connectivity index (χ0v) is 22.1. The molecule has 0 saturated carbocycles. The maximum atomic E-state index is 13.2. The first kappa shape index (κ1) is 25.7. The van der Waals surface area contributed by atoms with Gasteiger partial charge in [0.05, 0.1) is 44.1 Å². The van der Waals surface area contributed by atoms with Crippen LogP contribution in [-0.2, 0) is 9.59 Å². The van der Waals surface area contributed by atoms with Crippen molar-refractivity contribution in [2.45, 2.75) is 32.6 Å². The van der Waals surface area contributed by atoms with Gasteiger partial charge in [-0.1, -0.05) is 78.6 Å². The second kappa shape index (κ2) is 10.3. The summed E-state index contributed by atoms with van der Waals surface area (Å²) in [5.41, 5.74) is 2.82. The number of amides is 1. The number of carbonyl (C=O) groups excluding carboxylic acids is 2. The van der Waals surface area contributed by atoms with Gasteiger partial charge in [-0.3, -0.25) is 9.59 Å². The summed E-state index contributed by atoms with van der Waals surface area (Å²) in [5, 5.41) is 18.0. The second-order valence-corrected chi connectivity index (χ2v) is 11.4. The number of benzene rings is 2. The Morgan fingerprint density at radius 1 is 1.17 bits per heavy atom. The van der Waals surface area contributed by atoms with Gasteiger partial charge in [0.15, 0.2) is 5.78 Å². The fraction of sp³-hybridized carbons (Fsp3) is 0.269. The van der Waals surface area contributed by atoms with Gasteiger partial charge in [-0.2, -0.15) is 5.26 Å². The molecule has 1 atom stereocenters. The Kier molecular flexibility index (Phi) is 7.54. The lowest BCUT2D eigenvalue weighted by Crippen LogP contribution is -2.37. The average molecular weight is 547 g/mol. The lowest BCUT2D eigenvalue weighted by molar-refractivity contribution is -0.118. The quantitative estimate of drug-likeness (QED) is 0.419. The summed E-state index contributed by atoms with van der Waals surface area (Å²) in [6.07, 6.45) is 1.06. The van der Waals surface area contributed by atoms with Crippen LogP contribution in [0.1, 0.15) is 38.2 Å². The van der Waals surface area contributed by atoms with E-state index in [1.807, 2.05) is 26.0 Å². The molecule has 0 fully saturated rings. The number of nitrogens with one attached hydrogen (secondary N) is 2. The molecule has 0 aromatic heterocycles. The van der Waals surface area contributed by atoms with E-state index in [2.05, 4.69) is 16.7 Å². The summed E-state index contributed by atoms with van der Waals surface area (Å²) in [5.74, 6) is -0.767. The number of anilines is 1. The molecule has 35 heavy (non-hydrogen) atoms. The molecule has 0 saturated heterocycles. The Morgan fingerprint density at radius 3 is 2.57 bits per heavy atom. The SMILES string of the molecule is CC1(C)CC(=O)C2=C(C1)NC(SCC(=O)Nc1cccc(Cl)c1Cl)=C(C#N)[C@H]2c1ccc(Cl)cc1. The lowest BCUT2D eigenvalue weighted by atomic mass is 9.69. The van der Waals surface area contributed by atoms with E-state index in [-0.39, 0.29) is 27.9 Å². The molecular formula is C26H22Cl3N3O2S. The van der Waals surface area contributed by atoms with E-state index < -0.39 is 5.92 Å². The first-order valence-corrected chi connectivity index (χ1v) is 13.0. The Bertz CT molecular complexity index is 1310. The van der Waals surface area contributed by atoms with Crippen LogP contribution in [0.3, 0.4) is 0 Å². The molecule has 0 unspecified atom stereocenters.